The Balaban J connectivity index is 0.00000392. The van der Waals surface area contributed by atoms with Crippen molar-refractivity contribution in [1.29, 1.82) is 0 Å². The number of halogens is 1. The molecule has 158 valence electrons. The van der Waals surface area contributed by atoms with Gasteiger partial charge in [-0.25, -0.2) is 0 Å². The summed E-state index contributed by atoms with van der Waals surface area (Å²) in [6.07, 6.45) is 2.70. The summed E-state index contributed by atoms with van der Waals surface area (Å²) in [5, 5.41) is 6.29. The van der Waals surface area contributed by atoms with E-state index < -0.39 is 0 Å². The normalized spacial score (nSPS) is 17.1. The summed E-state index contributed by atoms with van der Waals surface area (Å²) in [5.74, 6) is 1.36. The second-order valence-corrected chi connectivity index (χ2v) is 7.29. The zero-order chi connectivity index (χ0) is 20.0. The molecular formula is C20H32ClN3O4. The van der Waals surface area contributed by atoms with E-state index in [4.69, 9.17) is 9.47 Å². The molecule has 1 aromatic rings. The van der Waals surface area contributed by atoms with Crippen LogP contribution < -0.4 is 20.1 Å². The summed E-state index contributed by atoms with van der Waals surface area (Å²) < 4.78 is 10.6. The minimum atomic E-state index is -0.212. The molecule has 1 aliphatic rings. The number of carbonyl (C=O) groups is 2. The highest BCUT2D eigenvalue weighted by Crippen LogP contribution is 2.34. The van der Waals surface area contributed by atoms with Crippen LogP contribution in [0, 0.1) is 11.8 Å². The van der Waals surface area contributed by atoms with Gasteiger partial charge in [0, 0.05) is 26.6 Å². The summed E-state index contributed by atoms with van der Waals surface area (Å²) in [7, 11) is 6.38. The number of hydrogen-bond donors (Lipinski definition) is 2. The molecule has 1 saturated heterocycles. The molecule has 2 unspecified atom stereocenters. The number of methoxy groups -OCH3 is 2. The monoisotopic (exact) mass is 413 g/mol. The molecule has 0 saturated carbocycles. The first-order valence-corrected chi connectivity index (χ1v) is 9.35. The van der Waals surface area contributed by atoms with Gasteiger partial charge < -0.3 is 25.0 Å². The summed E-state index contributed by atoms with van der Waals surface area (Å²) in [6, 6.07) is 3.24. The molecule has 8 heteroatoms. The first-order chi connectivity index (χ1) is 12.9. The fourth-order valence-corrected chi connectivity index (χ4v) is 3.43. The van der Waals surface area contributed by atoms with Crippen LogP contribution in [-0.4, -0.2) is 58.1 Å². The first kappa shape index (κ1) is 24.0. The Kier molecular flexibility index (Phi) is 9.55. The second kappa shape index (κ2) is 11.1. The molecule has 1 aliphatic heterocycles. The lowest BCUT2D eigenvalue weighted by atomic mass is 9.85. The highest BCUT2D eigenvalue weighted by atomic mass is 35.5. The lowest BCUT2D eigenvalue weighted by Crippen LogP contribution is -2.34. The van der Waals surface area contributed by atoms with Crippen molar-refractivity contribution in [3.8, 4) is 11.5 Å². The fourth-order valence-electron chi connectivity index (χ4n) is 3.43. The van der Waals surface area contributed by atoms with E-state index in [0.717, 1.165) is 25.9 Å². The van der Waals surface area contributed by atoms with Crippen molar-refractivity contribution in [3.05, 3.63) is 17.7 Å². The van der Waals surface area contributed by atoms with Crippen molar-refractivity contribution in [3.63, 3.8) is 0 Å². The maximum Gasteiger partial charge on any atom is 0.255 e. The zero-order valence-electron chi connectivity index (χ0n) is 17.3. The second-order valence-electron chi connectivity index (χ2n) is 7.29. The van der Waals surface area contributed by atoms with Crippen LogP contribution in [0.25, 0.3) is 0 Å². The van der Waals surface area contributed by atoms with Gasteiger partial charge in [0.2, 0.25) is 5.91 Å². The quantitative estimate of drug-likeness (QED) is 0.718. The van der Waals surface area contributed by atoms with Crippen molar-refractivity contribution in [2.24, 2.45) is 11.8 Å². The minimum absolute atomic E-state index is 0. The van der Waals surface area contributed by atoms with E-state index in [-0.39, 0.29) is 30.1 Å². The Morgan fingerprint density at radius 3 is 2.43 bits per heavy atom. The largest absolute Gasteiger partial charge is 0.493 e. The maximum absolute atomic E-state index is 12.6. The van der Waals surface area contributed by atoms with E-state index in [9.17, 15) is 9.59 Å². The van der Waals surface area contributed by atoms with Crippen LogP contribution in [-0.2, 0) is 4.79 Å². The molecule has 0 bridgehead atoms. The topological polar surface area (TPSA) is 79.9 Å². The van der Waals surface area contributed by atoms with Gasteiger partial charge in [0.1, 0.15) is 0 Å². The Labute approximate surface area is 173 Å². The number of anilines is 1. The van der Waals surface area contributed by atoms with Crippen molar-refractivity contribution in [2.45, 2.75) is 26.2 Å². The Bertz CT molecular complexity index is 676. The van der Waals surface area contributed by atoms with Gasteiger partial charge >= 0.3 is 0 Å². The molecule has 1 aromatic carbocycles. The van der Waals surface area contributed by atoms with E-state index in [0.29, 0.717) is 35.1 Å². The summed E-state index contributed by atoms with van der Waals surface area (Å²) in [4.78, 5) is 26.7. The van der Waals surface area contributed by atoms with Crippen LogP contribution in [0.2, 0.25) is 0 Å². The number of piperidine rings is 1. The molecule has 0 spiro atoms. The molecule has 0 aromatic heterocycles. The van der Waals surface area contributed by atoms with Gasteiger partial charge in [0.05, 0.1) is 25.5 Å². The molecule has 2 atom stereocenters. The van der Waals surface area contributed by atoms with E-state index in [2.05, 4.69) is 17.6 Å². The molecule has 0 aliphatic carbocycles. The number of hydrogen-bond acceptors (Lipinski definition) is 5. The molecule has 0 radical (unpaired) electrons. The lowest BCUT2D eigenvalue weighted by Gasteiger charge is -2.28. The number of nitrogens with zero attached hydrogens (tertiary/aromatic N) is 1. The predicted octanol–water partition coefficient (Wildman–Crippen LogP) is 2.79. The van der Waals surface area contributed by atoms with E-state index in [1.165, 1.54) is 19.1 Å². The van der Waals surface area contributed by atoms with Crippen molar-refractivity contribution in [1.82, 2.24) is 10.2 Å². The molecule has 2 rings (SSSR count). The number of carbonyl (C=O) groups excluding carboxylic acids is 2. The van der Waals surface area contributed by atoms with Gasteiger partial charge in [-0.2, -0.15) is 0 Å². The van der Waals surface area contributed by atoms with Crippen LogP contribution in [0.4, 0.5) is 5.69 Å². The zero-order valence-corrected chi connectivity index (χ0v) is 18.1. The Morgan fingerprint density at radius 1 is 1.25 bits per heavy atom. The lowest BCUT2D eigenvalue weighted by molar-refractivity contribution is -0.117. The summed E-state index contributed by atoms with van der Waals surface area (Å²) in [5.41, 5.74) is 0.809. The number of amides is 2. The van der Waals surface area contributed by atoms with Gasteiger partial charge in [-0.15, -0.1) is 12.4 Å². The molecule has 7 nitrogen and oxygen atoms in total. The molecule has 2 N–H and O–H groups in total. The smallest absolute Gasteiger partial charge is 0.255 e. The minimum Gasteiger partial charge on any atom is -0.493 e. The summed E-state index contributed by atoms with van der Waals surface area (Å²) >= 11 is 0. The summed E-state index contributed by atoms with van der Waals surface area (Å²) in [6.45, 7) is 4.12. The fraction of sp³-hybridized carbons (Fsp3) is 0.600. The van der Waals surface area contributed by atoms with Gasteiger partial charge in [-0.3, -0.25) is 9.59 Å². The van der Waals surface area contributed by atoms with Gasteiger partial charge in [-0.1, -0.05) is 6.92 Å². The highest BCUT2D eigenvalue weighted by Gasteiger charge is 2.24. The van der Waals surface area contributed by atoms with E-state index >= 15 is 0 Å². The van der Waals surface area contributed by atoms with Crippen molar-refractivity contribution < 1.29 is 19.1 Å². The van der Waals surface area contributed by atoms with Gasteiger partial charge in [-0.05, 0) is 43.8 Å². The van der Waals surface area contributed by atoms with Gasteiger partial charge in [0.15, 0.2) is 11.5 Å². The third kappa shape index (κ3) is 6.01. The maximum atomic E-state index is 12.6. The molecule has 2 amide bonds. The molecule has 1 heterocycles. The van der Waals surface area contributed by atoms with E-state index in [1.54, 1.807) is 26.2 Å². The Hall–Kier alpha value is -1.99. The van der Waals surface area contributed by atoms with Crippen molar-refractivity contribution >= 4 is 29.9 Å². The van der Waals surface area contributed by atoms with Crippen LogP contribution in [0.3, 0.4) is 0 Å². The predicted molar refractivity (Wildman–Crippen MR) is 113 cm³/mol. The molecule has 28 heavy (non-hydrogen) atoms. The Morgan fingerprint density at radius 2 is 1.89 bits per heavy atom. The third-order valence-corrected chi connectivity index (χ3v) is 5.08. The average molecular weight is 414 g/mol. The number of benzene rings is 1. The third-order valence-electron chi connectivity index (χ3n) is 5.08. The van der Waals surface area contributed by atoms with Crippen LogP contribution in [0.1, 0.15) is 36.5 Å². The van der Waals surface area contributed by atoms with Crippen LogP contribution >= 0.6 is 12.4 Å². The average Bonchev–Trinajstić information content (AvgIpc) is 2.67. The van der Waals surface area contributed by atoms with Crippen molar-refractivity contribution in [2.75, 3.05) is 46.7 Å². The first-order valence-electron chi connectivity index (χ1n) is 9.35. The SMILES string of the molecule is COc1cc(NC(=O)CC(C)C2CCCNC2)c(C(=O)N(C)C)cc1OC.Cl. The van der Waals surface area contributed by atoms with Crippen LogP contribution in [0.15, 0.2) is 12.1 Å². The highest BCUT2D eigenvalue weighted by molar-refractivity contribution is 6.04. The number of rotatable bonds is 7. The van der Waals surface area contributed by atoms with Crippen LogP contribution in [0.5, 0.6) is 11.5 Å². The van der Waals surface area contributed by atoms with Gasteiger partial charge in [0.25, 0.3) is 5.91 Å². The van der Waals surface area contributed by atoms with E-state index in [1.807, 2.05) is 0 Å². The standard InChI is InChI=1S/C20H31N3O4.ClH/c1-13(14-7-6-8-21-12-14)9-19(24)22-16-11-18(27-5)17(26-4)10-15(16)20(25)23(2)3;/h10-11,13-14,21H,6-9,12H2,1-5H3,(H,22,24);1H. The molecule has 1 fully saturated rings. The number of nitrogens with one attached hydrogen (secondary N) is 2. The molecular weight excluding hydrogens is 382 g/mol. The number of ether oxygens (including phenoxy) is 2.